The SMILES string of the molecule is CC[C@H](C)[C@@H]([C@@H](CC(=O)N1CCC[C@H]1[C@H](OC)[C@@H](C)C(=O)C[C@H](C)[C@@H](O)c1ccccc1)OC)N(C)C(=O)[C@@H](NC(=O)[C@H](C(C)C)N(C)C(=O)OCc1ccc(NC(=O)[C@H](CCCNC(N)=O)NC(=O)[C@@H](NC(=O)CCCCCN2C(=O)C=CC2=O)C(C)C)cc1)C(C)C. The lowest BCUT2D eigenvalue weighted by Gasteiger charge is -2.41. The zero-order chi connectivity index (χ0) is 70.1. The Morgan fingerprint density at radius 1 is 0.713 bits per heavy atom. The number of nitrogens with one attached hydrogen (secondary N) is 5. The highest BCUT2D eigenvalue weighted by molar-refractivity contribution is 6.12. The van der Waals surface area contributed by atoms with Crippen molar-refractivity contribution >= 4 is 70.9 Å². The van der Waals surface area contributed by atoms with E-state index in [0.717, 1.165) is 10.5 Å². The summed E-state index contributed by atoms with van der Waals surface area (Å²) >= 11 is 0. The first-order valence-electron chi connectivity index (χ1n) is 33.1. The van der Waals surface area contributed by atoms with Gasteiger partial charge in [-0.25, -0.2) is 9.59 Å². The monoisotopic (exact) mass is 1310 g/mol. The number of methoxy groups -OCH3 is 2. The first-order chi connectivity index (χ1) is 44.5. The fourth-order valence-corrected chi connectivity index (χ4v) is 12.3. The third-order valence-corrected chi connectivity index (χ3v) is 18.0. The molecule has 0 saturated carbocycles. The standard InChI is InChI=1S/C69H106N10O15/c1-15-44(8)61(53(92-13)39-57(84)78-37-23-27-51(78)63(93-14)46(10)52(80)38-45(9)62(85)48-24-18-16-19-25-48)76(11)67(89)59(42(4)5)75-66(88)60(43(6)7)77(12)69(91)94-40-47-29-31-49(32-30-47)72-64(86)50(26-22-35-71-68(70)90)73-65(87)58(41(2)3)74-54(81)28-20-17-21-36-79-55(82)33-34-56(79)83/h16,18-19,24-25,29-34,41-46,50-51,53,58-63,85H,15,17,20-23,26-28,35-40H2,1-14H3,(H,72,86)(H,73,87)(H,74,81)(H,75,88)(H3,70,71,90)/t44-,45-,46-,50-,51-,53+,58-,59-,60-,61-,62+,63+/m0/s1. The quantitative estimate of drug-likeness (QED) is 0.0291. The Kier molecular flexibility index (Phi) is 32.3. The largest absolute Gasteiger partial charge is 0.445 e. The number of rotatable bonds is 39. The minimum atomic E-state index is -1.11. The Balaban J connectivity index is 1.37. The number of carbonyl (C=O) groups excluding carboxylic acids is 11. The maximum absolute atomic E-state index is 14.8. The summed E-state index contributed by atoms with van der Waals surface area (Å²) in [5, 5.41) is 24.7. The van der Waals surface area contributed by atoms with Crippen LogP contribution in [0.3, 0.4) is 0 Å². The number of anilines is 1. The van der Waals surface area contributed by atoms with Gasteiger partial charge in [0, 0.05) is 84.5 Å². The maximum Gasteiger partial charge on any atom is 0.410 e. The summed E-state index contributed by atoms with van der Waals surface area (Å²) in [6, 6.07) is 9.57. The summed E-state index contributed by atoms with van der Waals surface area (Å²) in [6.07, 6.45) is 3.33. The number of aliphatic hydroxyl groups is 1. The van der Waals surface area contributed by atoms with E-state index in [1.165, 1.54) is 31.2 Å². The molecule has 522 valence electrons. The van der Waals surface area contributed by atoms with Crippen LogP contribution in [0.1, 0.15) is 157 Å². The van der Waals surface area contributed by atoms with Crippen LogP contribution in [0.4, 0.5) is 15.3 Å². The van der Waals surface area contributed by atoms with Gasteiger partial charge in [0.15, 0.2) is 0 Å². The van der Waals surface area contributed by atoms with Crippen molar-refractivity contribution in [2.75, 3.05) is 53.3 Å². The van der Waals surface area contributed by atoms with E-state index < -0.39 is 108 Å². The second-order valence-corrected chi connectivity index (χ2v) is 26.1. The van der Waals surface area contributed by atoms with Gasteiger partial charge in [-0.05, 0) is 91.4 Å². The highest BCUT2D eigenvalue weighted by Crippen LogP contribution is 2.32. The van der Waals surface area contributed by atoms with Gasteiger partial charge in [0.1, 0.15) is 36.6 Å². The number of imide groups is 1. The molecular weight excluding hydrogens is 1210 g/mol. The molecule has 1 saturated heterocycles. The minimum Gasteiger partial charge on any atom is -0.445 e. The maximum atomic E-state index is 14.8. The van der Waals surface area contributed by atoms with Gasteiger partial charge in [-0.3, -0.25) is 53.0 Å². The van der Waals surface area contributed by atoms with Crippen molar-refractivity contribution in [2.24, 2.45) is 41.2 Å². The van der Waals surface area contributed by atoms with E-state index in [-0.39, 0.29) is 99.0 Å². The van der Waals surface area contributed by atoms with E-state index in [1.807, 2.05) is 58.0 Å². The summed E-state index contributed by atoms with van der Waals surface area (Å²) in [5.41, 5.74) is 6.84. The molecule has 2 aliphatic rings. The molecule has 2 aromatic rings. The van der Waals surface area contributed by atoms with Crippen LogP contribution in [0.2, 0.25) is 0 Å². The molecule has 0 radical (unpaired) electrons. The molecule has 1 fully saturated rings. The van der Waals surface area contributed by atoms with Crippen LogP contribution in [0.5, 0.6) is 0 Å². The number of amides is 11. The molecule has 0 unspecified atom stereocenters. The highest BCUT2D eigenvalue weighted by Gasteiger charge is 2.44. The smallest absolute Gasteiger partial charge is 0.410 e. The third-order valence-electron chi connectivity index (χ3n) is 18.0. The number of benzene rings is 2. The topological polar surface area (TPSA) is 335 Å². The Hall–Kier alpha value is -7.77. The molecule has 2 aliphatic heterocycles. The van der Waals surface area contributed by atoms with Crippen LogP contribution >= 0.6 is 0 Å². The molecule has 25 nitrogen and oxygen atoms in total. The van der Waals surface area contributed by atoms with Crippen molar-refractivity contribution in [3.8, 4) is 0 Å². The van der Waals surface area contributed by atoms with E-state index >= 15 is 0 Å². The van der Waals surface area contributed by atoms with Gasteiger partial charge in [-0.2, -0.15) is 0 Å². The summed E-state index contributed by atoms with van der Waals surface area (Å²) in [5.74, 6) is -5.96. The van der Waals surface area contributed by atoms with Crippen molar-refractivity contribution in [3.63, 3.8) is 0 Å². The molecule has 0 bridgehead atoms. The first kappa shape index (κ1) is 78.7. The van der Waals surface area contributed by atoms with Gasteiger partial charge in [-0.15, -0.1) is 0 Å². The average Bonchev–Trinajstić information content (AvgIpc) is 1.33. The second-order valence-electron chi connectivity index (χ2n) is 26.1. The summed E-state index contributed by atoms with van der Waals surface area (Å²) in [4.78, 5) is 153. The van der Waals surface area contributed by atoms with Crippen LogP contribution in [0, 0.1) is 35.5 Å². The molecule has 8 N–H and O–H groups in total. The zero-order valence-electron chi connectivity index (χ0n) is 57.6. The van der Waals surface area contributed by atoms with E-state index in [2.05, 4.69) is 26.6 Å². The van der Waals surface area contributed by atoms with Crippen LogP contribution in [0.15, 0.2) is 66.7 Å². The van der Waals surface area contributed by atoms with Crippen molar-refractivity contribution in [1.29, 1.82) is 0 Å². The van der Waals surface area contributed by atoms with Crippen molar-refractivity contribution < 1.29 is 72.1 Å². The molecule has 2 heterocycles. The lowest BCUT2D eigenvalue weighted by molar-refractivity contribution is -0.148. The molecule has 0 spiro atoms. The molecule has 94 heavy (non-hydrogen) atoms. The molecule has 0 aromatic heterocycles. The number of ether oxygens (including phenoxy) is 3. The number of urea groups is 1. The number of nitrogens with two attached hydrogens (primary N) is 1. The number of nitrogens with zero attached hydrogens (tertiary/aromatic N) is 4. The second kappa shape index (κ2) is 38.6. The fourth-order valence-electron chi connectivity index (χ4n) is 12.3. The Bertz CT molecular complexity index is 2870. The van der Waals surface area contributed by atoms with Gasteiger partial charge < -0.3 is 61.4 Å². The fraction of sp³-hybridized carbons (Fsp3) is 0.638. The number of ketones is 1. The highest BCUT2D eigenvalue weighted by atomic mass is 16.6. The Morgan fingerprint density at radius 2 is 1.35 bits per heavy atom. The summed E-state index contributed by atoms with van der Waals surface area (Å²) in [7, 11) is 6.12. The Morgan fingerprint density at radius 3 is 1.93 bits per heavy atom. The first-order valence-corrected chi connectivity index (χ1v) is 33.1. The Labute approximate surface area is 555 Å². The average molecular weight is 1320 g/mol. The van der Waals surface area contributed by atoms with Gasteiger partial charge in [0.2, 0.25) is 35.4 Å². The van der Waals surface area contributed by atoms with Gasteiger partial charge >= 0.3 is 12.1 Å². The van der Waals surface area contributed by atoms with E-state index in [9.17, 15) is 57.8 Å². The molecule has 12 atom stereocenters. The van der Waals surface area contributed by atoms with E-state index in [1.54, 1.807) is 89.8 Å². The predicted molar refractivity (Wildman–Crippen MR) is 355 cm³/mol. The predicted octanol–water partition coefficient (Wildman–Crippen LogP) is 6.17. The molecule has 25 heteroatoms. The molecule has 4 rings (SSSR count). The molecule has 0 aliphatic carbocycles. The van der Waals surface area contributed by atoms with Crippen molar-refractivity contribution in [2.45, 2.75) is 201 Å². The molecular formula is C69H106N10O15. The van der Waals surface area contributed by atoms with Crippen LogP contribution in [0.25, 0.3) is 0 Å². The lowest BCUT2D eigenvalue weighted by Crippen LogP contribution is -2.60. The lowest BCUT2D eigenvalue weighted by atomic mass is 9.85. The number of aliphatic hydroxyl groups excluding tert-OH is 1. The van der Waals surface area contributed by atoms with Crippen molar-refractivity contribution in [3.05, 3.63) is 77.9 Å². The van der Waals surface area contributed by atoms with E-state index in [4.69, 9.17) is 19.9 Å². The number of carbonyl (C=O) groups is 11. The number of likely N-dealkylation sites (N-methyl/N-ethyl adjacent to an activating group) is 2. The van der Waals surface area contributed by atoms with Crippen LogP contribution in [-0.2, 0) is 64.0 Å². The third kappa shape index (κ3) is 23.0. The number of hydrogen-bond acceptors (Lipinski definition) is 15. The summed E-state index contributed by atoms with van der Waals surface area (Å²) in [6.45, 7) is 18.8. The summed E-state index contributed by atoms with van der Waals surface area (Å²) < 4.78 is 17.8. The van der Waals surface area contributed by atoms with Crippen LogP contribution in [-0.4, -0.2) is 186 Å². The minimum absolute atomic E-state index is 0.0768. The number of primary amides is 1. The number of Topliss-reactive ketones (excluding diaryl/α,β-unsaturated/α-hetero) is 1. The molecule has 11 amide bonds. The number of unbranched alkanes of at least 4 members (excludes halogenated alkanes) is 2. The number of likely N-dealkylation sites (tertiary alicyclic amines) is 1. The van der Waals surface area contributed by atoms with Gasteiger partial charge in [-0.1, -0.05) is 125 Å². The van der Waals surface area contributed by atoms with Crippen molar-refractivity contribution in [1.82, 2.24) is 40.9 Å². The van der Waals surface area contributed by atoms with Gasteiger partial charge in [0.25, 0.3) is 11.8 Å². The van der Waals surface area contributed by atoms with Gasteiger partial charge in [0.05, 0.1) is 36.8 Å². The van der Waals surface area contributed by atoms with E-state index in [0.29, 0.717) is 56.3 Å². The number of hydrogen-bond donors (Lipinski definition) is 7. The zero-order valence-corrected chi connectivity index (χ0v) is 57.6. The normalized spacial score (nSPS) is 17.4. The molecule has 2 aromatic carbocycles. The van der Waals surface area contributed by atoms with Crippen LogP contribution < -0.4 is 32.3 Å².